The molecule has 4 heteroatoms. The summed E-state index contributed by atoms with van der Waals surface area (Å²) in [6.45, 7) is 11.6. The van der Waals surface area contributed by atoms with E-state index in [0.29, 0.717) is 0 Å². The third-order valence-electron chi connectivity index (χ3n) is 4.19. The van der Waals surface area contributed by atoms with Crippen LogP contribution >= 0.6 is 0 Å². The van der Waals surface area contributed by atoms with Crippen LogP contribution < -0.4 is 11.1 Å². The fourth-order valence-electron chi connectivity index (χ4n) is 2.83. The van der Waals surface area contributed by atoms with E-state index in [1.165, 1.54) is 19.3 Å². The Labute approximate surface area is 118 Å². The molecule has 0 bridgehead atoms. The lowest BCUT2D eigenvalue weighted by atomic mass is 9.95. The largest absolute Gasteiger partial charge is 0.368 e. The molecular formula is C15H31N3O. The van der Waals surface area contributed by atoms with E-state index in [1.807, 2.05) is 6.92 Å². The summed E-state index contributed by atoms with van der Waals surface area (Å²) >= 11 is 0. The number of rotatable bonds is 6. The molecule has 1 saturated heterocycles. The van der Waals surface area contributed by atoms with E-state index in [1.54, 1.807) is 0 Å². The third kappa shape index (κ3) is 5.49. The van der Waals surface area contributed by atoms with Gasteiger partial charge in [-0.25, -0.2) is 0 Å². The van der Waals surface area contributed by atoms with Gasteiger partial charge in [-0.1, -0.05) is 6.92 Å². The predicted molar refractivity (Wildman–Crippen MR) is 79.9 cm³/mol. The van der Waals surface area contributed by atoms with Crippen LogP contribution in [0.1, 0.15) is 53.4 Å². The molecule has 1 aliphatic heterocycles. The minimum Gasteiger partial charge on any atom is -0.368 e. The van der Waals surface area contributed by atoms with E-state index in [2.05, 4.69) is 31.0 Å². The van der Waals surface area contributed by atoms with Crippen molar-refractivity contribution in [2.75, 3.05) is 19.6 Å². The van der Waals surface area contributed by atoms with Gasteiger partial charge in [0.1, 0.15) is 0 Å². The van der Waals surface area contributed by atoms with Gasteiger partial charge < -0.3 is 16.0 Å². The van der Waals surface area contributed by atoms with Gasteiger partial charge in [-0.05, 0) is 65.5 Å². The molecule has 1 amide bonds. The van der Waals surface area contributed by atoms with Gasteiger partial charge in [0.25, 0.3) is 0 Å². The van der Waals surface area contributed by atoms with Crippen LogP contribution in [-0.2, 0) is 4.79 Å². The first-order valence-corrected chi connectivity index (χ1v) is 7.63. The topological polar surface area (TPSA) is 58.4 Å². The highest BCUT2D eigenvalue weighted by Crippen LogP contribution is 2.18. The molecule has 0 radical (unpaired) electrons. The third-order valence-corrected chi connectivity index (χ3v) is 4.19. The number of carbonyl (C=O) groups is 1. The fraction of sp³-hybridized carbons (Fsp3) is 0.933. The molecule has 0 aromatic carbocycles. The van der Waals surface area contributed by atoms with Gasteiger partial charge >= 0.3 is 0 Å². The Balaban J connectivity index is 2.49. The number of hydrogen-bond donors (Lipinski definition) is 2. The molecule has 19 heavy (non-hydrogen) atoms. The normalized spacial score (nSPS) is 25.0. The molecule has 0 spiro atoms. The second-order valence-corrected chi connectivity index (χ2v) is 6.62. The highest BCUT2D eigenvalue weighted by Gasteiger charge is 2.31. The van der Waals surface area contributed by atoms with Crippen LogP contribution in [0.5, 0.6) is 0 Å². The van der Waals surface area contributed by atoms with Crippen molar-refractivity contribution >= 4 is 5.91 Å². The molecule has 0 saturated carbocycles. The maximum absolute atomic E-state index is 11.7. The van der Waals surface area contributed by atoms with Crippen LogP contribution in [0.2, 0.25) is 0 Å². The van der Waals surface area contributed by atoms with E-state index in [-0.39, 0.29) is 11.9 Å². The van der Waals surface area contributed by atoms with Crippen molar-refractivity contribution in [2.24, 2.45) is 11.7 Å². The molecule has 3 N–H and O–H groups in total. The lowest BCUT2D eigenvalue weighted by molar-refractivity contribution is -0.124. The zero-order valence-corrected chi connectivity index (χ0v) is 13.0. The molecule has 1 heterocycles. The second kappa shape index (κ2) is 7.25. The number of hydrogen-bond acceptors (Lipinski definition) is 3. The molecule has 0 aromatic rings. The molecule has 2 atom stereocenters. The van der Waals surface area contributed by atoms with E-state index in [9.17, 15) is 4.79 Å². The van der Waals surface area contributed by atoms with E-state index in [0.717, 1.165) is 32.0 Å². The van der Waals surface area contributed by atoms with Gasteiger partial charge in [-0.15, -0.1) is 0 Å². The molecule has 2 unspecified atom stereocenters. The van der Waals surface area contributed by atoms with Gasteiger partial charge in [-0.3, -0.25) is 4.79 Å². The summed E-state index contributed by atoms with van der Waals surface area (Å²) in [5.74, 6) is 0.589. The van der Waals surface area contributed by atoms with Crippen molar-refractivity contribution in [3.63, 3.8) is 0 Å². The first-order valence-electron chi connectivity index (χ1n) is 7.63. The van der Waals surface area contributed by atoms with Gasteiger partial charge in [0.05, 0.1) is 5.54 Å². The maximum atomic E-state index is 11.7. The highest BCUT2D eigenvalue weighted by atomic mass is 16.1. The average molecular weight is 269 g/mol. The van der Waals surface area contributed by atoms with Crippen LogP contribution in [0.4, 0.5) is 0 Å². The van der Waals surface area contributed by atoms with Gasteiger partial charge in [0, 0.05) is 12.6 Å². The van der Waals surface area contributed by atoms with Crippen molar-refractivity contribution in [3.8, 4) is 0 Å². The average Bonchev–Trinajstić information content (AvgIpc) is 2.50. The number of nitrogens with zero attached hydrogens (tertiary/aromatic N) is 1. The molecule has 0 aliphatic carbocycles. The van der Waals surface area contributed by atoms with Gasteiger partial charge in [0.2, 0.25) is 5.91 Å². The predicted octanol–water partition coefficient (Wildman–Crippen LogP) is 1.74. The van der Waals surface area contributed by atoms with E-state index in [4.69, 9.17) is 5.73 Å². The first kappa shape index (κ1) is 16.4. The van der Waals surface area contributed by atoms with E-state index >= 15 is 0 Å². The molecule has 4 nitrogen and oxygen atoms in total. The Kier molecular flexibility index (Phi) is 6.27. The standard InChI is InChI=1S/C15H31N3O/c1-12(2)17-15(4,14(16)19)8-11-18-9-5-6-13(3)7-10-18/h12-13,17H,5-11H2,1-4H3,(H2,16,19). The van der Waals surface area contributed by atoms with Crippen molar-refractivity contribution in [2.45, 2.75) is 65.0 Å². The number of likely N-dealkylation sites (tertiary alicyclic amines) is 1. The summed E-state index contributed by atoms with van der Waals surface area (Å²) in [4.78, 5) is 14.2. The molecule has 1 fully saturated rings. The lowest BCUT2D eigenvalue weighted by Crippen LogP contribution is -2.56. The number of primary amides is 1. The summed E-state index contributed by atoms with van der Waals surface area (Å²) in [5, 5.41) is 3.32. The monoisotopic (exact) mass is 269 g/mol. The van der Waals surface area contributed by atoms with Crippen LogP contribution in [0.3, 0.4) is 0 Å². The molecule has 1 rings (SSSR count). The summed E-state index contributed by atoms with van der Waals surface area (Å²) in [7, 11) is 0. The van der Waals surface area contributed by atoms with Crippen molar-refractivity contribution in [1.82, 2.24) is 10.2 Å². The second-order valence-electron chi connectivity index (χ2n) is 6.62. The van der Waals surface area contributed by atoms with Crippen LogP contribution in [0.15, 0.2) is 0 Å². The molecule has 1 aliphatic rings. The number of carbonyl (C=O) groups excluding carboxylic acids is 1. The SMILES string of the molecule is CC1CCCN(CCC(C)(NC(C)C)C(N)=O)CC1. The smallest absolute Gasteiger partial charge is 0.237 e. The summed E-state index contributed by atoms with van der Waals surface area (Å²) in [6.07, 6.45) is 4.65. The van der Waals surface area contributed by atoms with Crippen LogP contribution in [0, 0.1) is 5.92 Å². The van der Waals surface area contributed by atoms with Gasteiger partial charge in [0.15, 0.2) is 0 Å². The van der Waals surface area contributed by atoms with Crippen LogP contribution in [-0.4, -0.2) is 42.0 Å². The Hall–Kier alpha value is -0.610. The van der Waals surface area contributed by atoms with E-state index < -0.39 is 5.54 Å². The lowest BCUT2D eigenvalue weighted by Gasteiger charge is -2.32. The zero-order valence-electron chi connectivity index (χ0n) is 13.0. The Morgan fingerprint density at radius 3 is 2.68 bits per heavy atom. The summed E-state index contributed by atoms with van der Waals surface area (Å²) in [5.41, 5.74) is 4.98. The Morgan fingerprint density at radius 2 is 2.11 bits per heavy atom. The van der Waals surface area contributed by atoms with Crippen LogP contribution in [0.25, 0.3) is 0 Å². The minimum atomic E-state index is -0.591. The summed E-state index contributed by atoms with van der Waals surface area (Å²) in [6, 6.07) is 0.265. The minimum absolute atomic E-state index is 0.246. The molecular weight excluding hydrogens is 238 g/mol. The number of amides is 1. The van der Waals surface area contributed by atoms with Crippen molar-refractivity contribution in [1.29, 1.82) is 0 Å². The molecule has 112 valence electrons. The highest BCUT2D eigenvalue weighted by molar-refractivity contribution is 5.84. The maximum Gasteiger partial charge on any atom is 0.237 e. The van der Waals surface area contributed by atoms with Crippen molar-refractivity contribution in [3.05, 3.63) is 0 Å². The zero-order chi connectivity index (χ0) is 14.5. The summed E-state index contributed by atoms with van der Waals surface area (Å²) < 4.78 is 0. The molecule has 0 aromatic heterocycles. The van der Waals surface area contributed by atoms with Gasteiger partial charge in [-0.2, -0.15) is 0 Å². The Bertz CT molecular complexity index is 293. The number of nitrogens with one attached hydrogen (secondary N) is 1. The Morgan fingerprint density at radius 1 is 1.42 bits per heavy atom. The quantitative estimate of drug-likeness (QED) is 0.772. The van der Waals surface area contributed by atoms with Crippen molar-refractivity contribution < 1.29 is 4.79 Å². The first-order chi connectivity index (χ1) is 8.83. The number of nitrogens with two attached hydrogens (primary N) is 1. The fourth-order valence-corrected chi connectivity index (χ4v) is 2.83.